The molecule has 0 saturated carbocycles. The van der Waals surface area contributed by atoms with Crippen LogP contribution in [0.3, 0.4) is 0 Å². The van der Waals surface area contributed by atoms with Crippen molar-refractivity contribution in [2.45, 2.75) is 31.2 Å². The van der Waals surface area contributed by atoms with Crippen LogP contribution in [-0.4, -0.2) is 38.2 Å². The smallest absolute Gasteiger partial charge is 0.337 e. The molecular formula is C25H23ClNO7S2+. The van der Waals surface area contributed by atoms with Crippen LogP contribution in [0.15, 0.2) is 65.6 Å². The quantitative estimate of drug-likeness (QED) is 0.144. The predicted molar refractivity (Wildman–Crippen MR) is 137 cm³/mol. The molecule has 0 aliphatic rings. The largest absolute Gasteiger partial charge is 0.478 e. The summed E-state index contributed by atoms with van der Waals surface area (Å²) in [6.07, 6.45) is 0.841. The van der Waals surface area contributed by atoms with Gasteiger partial charge in [0.05, 0.1) is 27.0 Å². The molecule has 36 heavy (non-hydrogen) atoms. The Hall–Kier alpha value is -3.05. The van der Waals surface area contributed by atoms with E-state index < -0.39 is 30.9 Å². The molecule has 0 atom stereocenters. The maximum Gasteiger partial charge on any atom is 0.337 e. The molecule has 0 bridgehead atoms. The molecule has 1 heterocycles. The summed E-state index contributed by atoms with van der Waals surface area (Å²) in [5.41, 5.74) is 3.38. The van der Waals surface area contributed by atoms with Gasteiger partial charge in [0.2, 0.25) is 11.0 Å². The number of nitrogens with zero attached hydrogens (tertiary/aromatic N) is 1. The van der Waals surface area contributed by atoms with Crippen LogP contribution in [0, 0.1) is 0 Å². The van der Waals surface area contributed by atoms with Crippen molar-refractivity contribution in [3.05, 3.63) is 71.8 Å². The lowest BCUT2D eigenvalue weighted by atomic mass is 9.96. The number of aryl methyl sites for hydroxylation is 2. The van der Waals surface area contributed by atoms with Crippen LogP contribution in [0.25, 0.3) is 32.9 Å². The van der Waals surface area contributed by atoms with Crippen molar-refractivity contribution >= 4 is 57.6 Å². The molecule has 8 nitrogen and oxygen atoms in total. The van der Waals surface area contributed by atoms with E-state index in [9.17, 15) is 31.3 Å². The second-order valence-corrected chi connectivity index (χ2v) is 12.5. The third-order valence-electron chi connectivity index (χ3n) is 6.03. The number of carbonyl (C=O) groups is 1. The Bertz CT molecular complexity index is 1730. The lowest BCUT2D eigenvalue weighted by Gasteiger charge is -2.12. The fourth-order valence-corrected chi connectivity index (χ4v) is 5.65. The van der Waals surface area contributed by atoms with Crippen LogP contribution in [0.1, 0.15) is 29.3 Å². The van der Waals surface area contributed by atoms with Gasteiger partial charge < -0.3 is 5.11 Å². The number of rotatable bonds is 8. The number of aromatic carboxylic acids is 1. The third-order valence-corrected chi connectivity index (χ3v) is 8.19. The Balaban J connectivity index is 2.02. The summed E-state index contributed by atoms with van der Waals surface area (Å²) >= 11 is 0. The van der Waals surface area contributed by atoms with E-state index in [0.717, 1.165) is 12.0 Å². The van der Waals surface area contributed by atoms with Crippen molar-refractivity contribution in [1.82, 2.24) is 0 Å². The summed E-state index contributed by atoms with van der Waals surface area (Å²) in [6, 6.07) is 16.6. The molecule has 4 rings (SSSR count). The predicted octanol–water partition coefficient (Wildman–Crippen LogP) is 4.41. The third kappa shape index (κ3) is 5.36. The van der Waals surface area contributed by atoms with Crippen LogP contribution < -0.4 is 4.57 Å². The SMILES string of the molecule is CCc1ccc2c(C(=O)O)c3cc(-c4cccc(S(=O)(=O)Cl)c4)ccc3[n+](CCCS(=O)(=O)O)c2c1. The summed E-state index contributed by atoms with van der Waals surface area (Å²) in [5.74, 6) is -1.57. The van der Waals surface area contributed by atoms with Gasteiger partial charge in [0.1, 0.15) is 0 Å². The zero-order valence-electron chi connectivity index (χ0n) is 19.2. The summed E-state index contributed by atoms with van der Waals surface area (Å²) in [4.78, 5) is 12.4. The number of hydrogen-bond donors (Lipinski definition) is 2. The maximum absolute atomic E-state index is 12.5. The first-order chi connectivity index (χ1) is 16.9. The van der Waals surface area contributed by atoms with Crippen LogP contribution in [0.5, 0.6) is 0 Å². The van der Waals surface area contributed by atoms with Crippen LogP contribution in [-0.2, 0) is 32.1 Å². The molecule has 1 aromatic heterocycles. The van der Waals surface area contributed by atoms with Crippen molar-refractivity contribution in [2.75, 3.05) is 5.75 Å². The zero-order chi connectivity index (χ0) is 26.3. The minimum absolute atomic E-state index is 0.0777. The van der Waals surface area contributed by atoms with E-state index in [0.29, 0.717) is 32.9 Å². The van der Waals surface area contributed by atoms with E-state index >= 15 is 0 Å². The van der Waals surface area contributed by atoms with E-state index in [1.54, 1.807) is 36.4 Å². The van der Waals surface area contributed by atoms with Crippen LogP contribution in [0.2, 0.25) is 0 Å². The highest BCUT2D eigenvalue weighted by Crippen LogP contribution is 2.31. The van der Waals surface area contributed by atoms with E-state index in [-0.39, 0.29) is 23.4 Å². The van der Waals surface area contributed by atoms with Gasteiger partial charge >= 0.3 is 5.97 Å². The molecule has 0 saturated heterocycles. The summed E-state index contributed by atoms with van der Waals surface area (Å²) in [7, 11) is -2.62. The Kier molecular flexibility index (Phi) is 7.07. The first-order valence-electron chi connectivity index (χ1n) is 11.0. The monoisotopic (exact) mass is 548 g/mol. The number of carboxylic acid groups (broad SMARTS) is 1. The molecule has 0 radical (unpaired) electrons. The number of carboxylic acids is 1. The van der Waals surface area contributed by atoms with Gasteiger partial charge in [-0.05, 0) is 53.4 Å². The van der Waals surface area contributed by atoms with Crippen molar-refractivity contribution in [3.8, 4) is 11.1 Å². The van der Waals surface area contributed by atoms with Crippen LogP contribution >= 0.6 is 10.7 Å². The molecule has 0 fully saturated rings. The Morgan fingerprint density at radius 2 is 1.64 bits per heavy atom. The average molecular weight is 549 g/mol. The Morgan fingerprint density at radius 3 is 2.28 bits per heavy atom. The van der Waals surface area contributed by atoms with Gasteiger partial charge in [0, 0.05) is 29.2 Å². The first kappa shape index (κ1) is 26.0. The molecule has 0 unspecified atom stereocenters. The number of hydrogen-bond acceptors (Lipinski definition) is 5. The number of aromatic nitrogens is 1. The fourth-order valence-electron chi connectivity index (χ4n) is 4.36. The lowest BCUT2D eigenvalue weighted by molar-refractivity contribution is -0.645. The number of pyridine rings is 1. The van der Waals surface area contributed by atoms with Crippen molar-refractivity contribution in [1.29, 1.82) is 0 Å². The molecule has 3 aromatic carbocycles. The van der Waals surface area contributed by atoms with Gasteiger partial charge in [0.15, 0.2) is 6.54 Å². The van der Waals surface area contributed by atoms with Crippen molar-refractivity contribution in [2.24, 2.45) is 0 Å². The van der Waals surface area contributed by atoms with E-state index in [2.05, 4.69) is 0 Å². The summed E-state index contributed by atoms with van der Waals surface area (Å²) in [5, 5.41) is 11.1. The van der Waals surface area contributed by atoms with Gasteiger partial charge in [-0.3, -0.25) is 4.55 Å². The molecular weight excluding hydrogens is 526 g/mol. The lowest BCUT2D eigenvalue weighted by Crippen LogP contribution is -2.37. The average Bonchev–Trinajstić information content (AvgIpc) is 2.81. The van der Waals surface area contributed by atoms with Crippen molar-refractivity contribution < 1.29 is 35.9 Å². The van der Waals surface area contributed by atoms with E-state index in [1.165, 1.54) is 12.1 Å². The minimum Gasteiger partial charge on any atom is -0.478 e. The van der Waals surface area contributed by atoms with Crippen LogP contribution in [0.4, 0.5) is 0 Å². The number of halogens is 1. The first-order valence-corrected chi connectivity index (χ1v) is 15.0. The standard InChI is InChI=1S/C25H22ClNO7S2/c1-2-16-7-9-20-23(13-16)27(11-4-12-35(30,31)32)22-10-8-18(15-21(22)24(20)25(28)29)17-5-3-6-19(14-17)36(26,33)34/h3,5-10,13-15H,2,4,11-12H2,1H3,(H-,28,29,30,31,32)/p+1. The van der Waals surface area contributed by atoms with Gasteiger partial charge in [-0.25, -0.2) is 13.2 Å². The van der Waals surface area contributed by atoms with Gasteiger partial charge in [-0.15, -0.1) is 0 Å². The Labute approximate surface area is 212 Å². The molecule has 188 valence electrons. The molecule has 0 amide bonds. The fraction of sp³-hybridized carbons (Fsp3) is 0.200. The molecule has 0 aliphatic heterocycles. The topological polar surface area (TPSA) is 130 Å². The maximum atomic E-state index is 12.5. The minimum atomic E-state index is -4.16. The zero-order valence-corrected chi connectivity index (χ0v) is 21.6. The van der Waals surface area contributed by atoms with Crippen molar-refractivity contribution in [3.63, 3.8) is 0 Å². The Morgan fingerprint density at radius 1 is 0.917 bits per heavy atom. The van der Waals surface area contributed by atoms with Gasteiger partial charge in [0.25, 0.3) is 19.2 Å². The second kappa shape index (κ2) is 9.78. The number of fused-ring (bicyclic) bond motifs is 2. The summed E-state index contributed by atoms with van der Waals surface area (Å²) in [6.45, 7) is 2.20. The molecule has 11 heteroatoms. The normalized spacial score (nSPS) is 12.3. The molecule has 4 aromatic rings. The highest BCUT2D eigenvalue weighted by Gasteiger charge is 2.25. The highest BCUT2D eigenvalue weighted by molar-refractivity contribution is 8.13. The van der Waals surface area contributed by atoms with Gasteiger partial charge in [-0.2, -0.15) is 13.0 Å². The molecule has 2 N–H and O–H groups in total. The molecule has 0 aliphatic carbocycles. The van der Waals surface area contributed by atoms with Gasteiger partial charge in [-0.1, -0.05) is 25.1 Å². The number of benzene rings is 3. The second-order valence-electron chi connectivity index (χ2n) is 8.37. The van der Waals surface area contributed by atoms with E-state index in [4.69, 9.17) is 10.7 Å². The summed E-state index contributed by atoms with van der Waals surface area (Å²) < 4.78 is 57.3. The van der Waals surface area contributed by atoms with E-state index in [1.807, 2.05) is 23.6 Å². The molecule has 0 spiro atoms. The highest BCUT2D eigenvalue weighted by atomic mass is 35.7.